The van der Waals surface area contributed by atoms with Gasteiger partial charge in [-0.25, -0.2) is 0 Å². The first-order chi connectivity index (χ1) is 5.88. The molecule has 1 heterocycles. The molecule has 0 aliphatic heterocycles. The molecule has 0 radical (unpaired) electrons. The Bertz CT molecular complexity index is 465. The van der Waals surface area contributed by atoms with Crippen molar-refractivity contribution in [3.05, 3.63) is 48.3 Å². The SMILES string of the molecule is O=[p+]1ccccc2ccccc21. The minimum Gasteiger partial charge on any atom is -0.0619 e. The molecule has 0 N–H and O–H groups in total. The lowest BCUT2D eigenvalue weighted by Gasteiger charge is -1.80. The summed E-state index contributed by atoms with van der Waals surface area (Å²) in [6.45, 7) is 0. The first kappa shape index (κ1) is 7.45. The van der Waals surface area contributed by atoms with Gasteiger partial charge in [-0.3, -0.25) is 0 Å². The second-order valence-corrected chi connectivity index (χ2v) is 4.02. The van der Waals surface area contributed by atoms with E-state index in [9.17, 15) is 4.57 Å². The monoisotopic (exact) mass is 175 g/mol. The van der Waals surface area contributed by atoms with Crippen LogP contribution in [0.5, 0.6) is 0 Å². The topological polar surface area (TPSA) is 17.1 Å². The highest BCUT2D eigenvalue weighted by Gasteiger charge is 2.02. The number of rotatable bonds is 0. The fraction of sp³-hybridized carbons (Fsp3) is 0. The smallest absolute Gasteiger partial charge is 0.0619 e. The first-order valence-corrected chi connectivity index (χ1v) is 5.11. The van der Waals surface area contributed by atoms with Crippen LogP contribution in [-0.2, 0) is 4.57 Å². The van der Waals surface area contributed by atoms with Crippen molar-refractivity contribution in [2.24, 2.45) is 0 Å². The number of hydrogen-bond acceptors (Lipinski definition) is 1. The van der Waals surface area contributed by atoms with Crippen molar-refractivity contribution in [2.75, 3.05) is 0 Å². The van der Waals surface area contributed by atoms with Crippen molar-refractivity contribution < 1.29 is 4.57 Å². The zero-order chi connectivity index (χ0) is 8.39. The van der Waals surface area contributed by atoms with E-state index >= 15 is 0 Å². The highest BCUT2D eigenvalue weighted by Crippen LogP contribution is 2.25. The third kappa shape index (κ3) is 1.24. The molecular formula is C10H8OP+. The third-order valence-corrected chi connectivity index (χ3v) is 3.11. The third-order valence-electron chi connectivity index (χ3n) is 1.78. The van der Waals surface area contributed by atoms with E-state index in [0.717, 1.165) is 10.5 Å². The highest BCUT2D eigenvalue weighted by atomic mass is 31.1. The zero-order valence-electron chi connectivity index (χ0n) is 6.47. The fourth-order valence-electron chi connectivity index (χ4n) is 1.20. The summed E-state index contributed by atoms with van der Waals surface area (Å²) in [5.74, 6) is 1.73. The summed E-state index contributed by atoms with van der Waals surface area (Å²) in [6, 6.07) is 13.5. The summed E-state index contributed by atoms with van der Waals surface area (Å²) in [6.07, 6.45) is 0. The Kier molecular flexibility index (Phi) is 1.89. The Hall–Kier alpha value is -1.20. The minimum atomic E-state index is -1.33. The second kappa shape index (κ2) is 3.04. The Morgan fingerprint density at radius 1 is 0.917 bits per heavy atom. The quantitative estimate of drug-likeness (QED) is 0.598. The summed E-state index contributed by atoms with van der Waals surface area (Å²) in [5.41, 5.74) is 0. The van der Waals surface area contributed by atoms with E-state index in [2.05, 4.69) is 0 Å². The number of benzene rings is 1. The average molecular weight is 175 g/mol. The zero-order valence-corrected chi connectivity index (χ0v) is 7.37. The Balaban J connectivity index is 3.06. The molecule has 2 rings (SSSR count). The van der Waals surface area contributed by atoms with Gasteiger partial charge in [0.25, 0.3) is 0 Å². The molecule has 12 heavy (non-hydrogen) atoms. The van der Waals surface area contributed by atoms with Crippen LogP contribution in [0.2, 0.25) is 0 Å². The molecule has 1 aromatic carbocycles. The van der Waals surface area contributed by atoms with Crippen LogP contribution in [-0.4, -0.2) is 0 Å². The summed E-state index contributed by atoms with van der Waals surface area (Å²) >= 11 is 0. The molecule has 0 spiro atoms. The van der Waals surface area contributed by atoms with Gasteiger partial charge in [0.2, 0.25) is 5.12 Å². The van der Waals surface area contributed by atoms with Crippen molar-refractivity contribution in [3.63, 3.8) is 0 Å². The van der Waals surface area contributed by atoms with Crippen LogP contribution in [0.3, 0.4) is 0 Å². The van der Waals surface area contributed by atoms with Gasteiger partial charge in [-0.05, 0) is 12.1 Å². The van der Waals surface area contributed by atoms with Gasteiger partial charge in [0.15, 0.2) is 5.80 Å². The van der Waals surface area contributed by atoms with Crippen LogP contribution in [0, 0.1) is 0 Å². The second-order valence-electron chi connectivity index (χ2n) is 2.59. The van der Waals surface area contributed by atoms with Crippen LogP contribution in [0.15, 0.2) is 48.3 Å². The molecular weight excluding hydrogens is 167 g/mol. The van der Waals surface area contributed by atoms with Crippen molar-refractivity contribution in [1.82, 2.24) is 0 Å². The molecule has 0 saturated heterocycles. The molecule has 0 aliphatic carbocycles. The largest absolute Gasteiger partial charge is 0.408 e. The van der Waals surface area contributed by atoms with E-state index in [0.29, 0.717) is 0 Å². The van der Waals surface area contributed by atoms with Crippen LogP contribution >= 0.6 is 7.41 Å². The van der Waals surface area contributed by atoms with E-state index in [1.54, 1.807) is 5.80 Å². The highest BCUT2D eigenvalue weighted by molar-refractivity contribution is 7.42. The molecule has 58 valence electrons. The maximum Gasteiger partial charge on any atom is 0.408 e. The molecule has 0 aliphatic rings. The number of hydrogen-bond donors (Lipinski definition) is 0. The maximum atomic E-state index is 11.5. The van der Waals surface area contributed by atoms with E-state index < -0.39 is 7.41 Å². The Morgan fingerprint density at radius 2 is 1.58 bits per heavy atom. The van der Waals surface area contributed by atoms with E-state index in [1.807, 2.05) is 42.5 Å². The summed E-state index contributed by atoms with van der Waals surface area (Å²) in [7, 11) is -1.33. The Morgan fingerprint density at radius 3 is 2.42 bits per heavy atom. The molecule has 1 aromatic heterocycles. The van der Waals surface area contributed by atoms with E-state index in [-0.39, 0.29) is 0 Å². The molecule has 0 amide bonds. The van der Waals surface area contributed by atoms with Gasteiger partial charge in [-0.15, -0.1) is 0 Å². The van der Waals surface area contributed by atoms with Crippen molar-refractivity contribution >= 4 is 17.9 Å². The minimum absolute atomic E-state index is 0.928. The first-order valence-electron chi connectivity index (χ1n) is 3.78. The molecule has 2 aromatic rings. The molecule has 2 heteroatoms. The van der Waals surface area contributed by atoms with E-state index in [4.69, 9.17) is 0 Å². The van der Waals surface area contributed by atoms with Gasteiger partial charge in [-0.2, -0.15) is 0 Å². The Labute approximate surface area is 71.4 Å². The molecule has 1 unspecified atom stereocenters. The lowest BCUT2D eigenvalue weighted by molar-refractivity contribution is 0.601. The van der Waals surface area contributed by atoms with E-state index in [1.165, 1.54) is 0 Å². The summed E-state index contributed by atoms with van der Waals surface area (Å²) in [5, 5.41) is 1.99. The van der Waals surface area contributed by atoms with Gasteiger partial charge in [0.05, 0.1) is 0 Å². The summed E-state index contributed by atoms with van der Waals surface area (Å²) in [4.78, 5) is 0. The van der Waals surface area contributed by atoms with Gasteiger partial charge in [-0.1, -0.05) is 34.9 Å². The maximum absolute atomic E-state index is 11.5. The van der Waals surface area contributed by atoms with Crippen molar-refractivity contribution in [1.29, 1.82) is 0 Å². The van der Waals surface area contributed by atoms with Gasteiger partial charge >= 0.3 is 7.41 Å². The van der Waals surface area contributed by atoms with Gasteiger partial charge in [0, 0.05) is 5.39 Å². The number of fused-ring (bicyclic) bond motifs is 1. The van der Waals surface area contributed by atoms with Gasteiger partial charge in [0.1, 0.15) is 0 Å². The van der Waals surface area contributed by atoms with Crippen LogP contribution in [0.4, 0.5) is 0 Å². The van der Waals surface area contributed by atoms with Gasteiger partial charge < -0.3 is 0 Å². The lowest BCUT2D eigenvalue weighted by Crippen LogP contribution is -1.60. The standard InChI is InChI=1S/C10H8OP/c11-12-8-4-3-6-9-5-1-2-7-10(9)12/h1-8H/q+1. The normalized spacial score (nSPS) is 11.5. The predicted octanol–water partition coefficient (Wildman–Crippen LogP) is 3.58. The summed E-state index contributed by atoms with van der Waals surface area (Å²) < 4.78 is 11.5. The predicted molar refractivity (Wildman–Crippen MR) is 51.6 cm³/mol. The molecule has 0 bridgehead atoms. The van der Waals surface area contributed by atoms with Crippen LogP contribution in [0.1, 0.15) is 0 Å². The molecule has 1 atom stereocenters. The van der Waals surface area contributed by atoms with Crippen molar-refractivity contribution in [3.8, 4) is 0 Å². The van der Waals surface area contributed by atoms with Crippen molar-refractivity contribution in [2.45, 2.75) is 0 Å². The fourth-order valence-corrected chi connectivity index (χ4v) is 2.25. The van der Waals surface area contributed by atoms with Crippen LogP contribution < -0.4 is 0 Å². The average Bonchev–Trinajstić information content (AvgIpc) is 2.29. The lowest BCUT2D eigenvalue weighted by atomic mass is 10.2. The van der Waals surface area contributed by atoms with Crippen LogP contribution in [0.25, 0.3) is 10.5 Å². The molecule has 0 saturated carbocycles. The molecule has 0 fully saturated rings. The molecule has 1 nitrogen and oxygen atoms in total.